The van der Waals surface area contributed by atoms with Crippen LogP contribution in [0.25, 0.3) is 16.2 Å². The fourth-order valence-corrected chi connectivity index (χ4v) is 3.07. The number of hydrogen-bond acceptors (Lipinski definition) is 6. The van der Waals surface area contributed by atoms with E-state index in [0.29, 0.717) is 6.54 Å². The minimum atomic E-state index is 0.682. The van der Waals surface area contributed by atoms with Crippen LogP contribution < -0.4 is 11.1 Å². The van der Waals surface area contributed by atoms with Gasteiger partial charge < -0.3 is 11.1 Å². The minimum absolute atomic E-state index is 0.682. The average molecular weight is 322 g/mol. The number of nitrogens with two attached hydrogens (primary N) is 1. The summed E-state index contributed by atoms with van der Waals surface area (Å²) in [4.78, 5) is 9.39. The third-order valence-electron chi connectivity index (χ3n) is 3.46. The Kier molecular flexibility index (Phi) is 3.39. The number of hydrogen-bond donors (Lipinski definition) is 2. The van der Waals surface area contributed by atoms with Crippen LogP contribution in [-0.4, -0.2) is 19.6 Å². The molecule has 23 heavy (non-hydrogen) atoms. The number of rotatable bonds is 4. The molecule has 3 aromatic heterocycles. The average Bonchev–Trinajstić information content (AvgIpc) is 3.15. The van der Waals surface area contributed by atoms with Gasteiger partial charge in [-0.25, -0.2) is 9.50 Å². The molecule has 0 fully saturated rings. The highest BCUT2D eigenvalue weighted by atomic mass is 32.1. The summed E-state index contributed by atoms with van der Waals surface area (Å²) in [6.07, 6.45) is 5.43. The zero-order chi connectivity index (χ0) is 15.6. The van der Waals surface area contributed by atoms with Gasteiger partial charge in [0, 0.05) is 30.2 Å². The van der Waals surface area contributed by atoms with Crippen molar-refractivity contribution in [3.8, 4) is 11.3 Å². The molecule has 0 spiro atoms. The van der Waals surface area contributed by atoms with Crippen molar-refractivity contribution in [1.29, 1.82) is 0 Å². The number of anilines is 2. The molecule has 0 bridgehead atoms. The van der Waals surface area contributed by atoms with Gasteiger partial charge in [-0.3, -0.25) is 4.98 Å². The first kappa shape index (κ1) is 13.7. The molecule has 0 aliphatic rings. The second-order valence-corrected chi connectivity index (χ2v) is 6.04. The summed E-state index contributed by atoms with van der Waals surface area (Å²) in [5, 5.41) is 8.73. The predicted molar refractivity (Wildman–Crippen MR) is 92.3 cm³/mol. The Labute approximate surface area is 136 Å². The molecule has 6 nitrogen and oxygen atoms in total. The van der Waals surface area contributed by atoms with E-state index in [-0.39, 0.29) is 0 Å². The standard InChI is InChI=1S/C16H14N6S/c17-13-5-3-12(4-6-13)14-10-20-16-22(14)21-15(23-16)19-9-11-2-1-7-18-8-11/h1-8,10H,9,17H2,(H,19,21). The number of nitrogens with one attached hydrogen (secondary N) is 1. The first-order chi connectivity index (χ1) is 11.3. The fraction of sp³-hybridized carbons (Fsp3) is 0.0625. The Bertz CT molecular complexity index is 926. The molecule has 0 saturated heterocycles. The SMILES string of the molecule is Nc1ccc(-c2cnc3sc(NCc4cccnc4)nn23)cc1. The van der Waals surface area contributed by atoms with E-state index in [1.807, 2.05) is 53.3 Å². The van der Waals surface area contributed by atoms with Gasteiger partial charge in [-0.1, -0.05) is 29.5 Å². The second-order valence-electron chi connectivity index (χ2n) is 5.08. The van der Waals surface area contributed by atoms with Gasteiger partial charge in [0.2, 0.25) is 10.1 Å². The number of fused-ring (bicyclic) bond motifs is 1. The van der Waals surface area contributed by atoms with Crippen LogP contribution in [0.15, 0.2) is 55.0 Å². The number of imidazole rings is 1. The smallest absolute Gasteiger partial charge is 0.214 e. The summed E-state index contributed by atoms with van der Waals surface area (Å²) in [7, 11) is 0. The maximum atomic E-state index is 5.74. The minimum Gasteiger partial charge on any atom is -0.399 e. The Morgan fingerprint density at radius 3 is 2.78 bits per heavy atom. The molecular formula is C16H14N6S. The zero-order valence-electron chi connectivity index (χ0n) is 12.2. The van der Waals surface area contributed by atoms with Gasteiger partial charge in [0.1, 0.15) is 0 Å². The molecule has 0 saturated carbocycles. The van der Waals surface area contributed by atoms with Crippen LogP contribution in [0.5, 0.6) is 0 Å². The summed E-state index contributed by atoms with van der Waals surface area (Å²) in [6.45, 7) is 0.682. The first-order valence-corrected chi connectivity index (χ1v) is 7.94. The molecule has 0 aliphatic heterocycles. The molecule has 0 radical (unpaired) electrons. The van der Waals surface area contributed by atoms with Crippen molar-refractivity contribution in [2.75, 3.05) is 11.1 Å². The number of pyridine rings is 1. The van der Waals surface area contributed by atoms with Crippen LogP contribution in [0.2, 0.25) is 0 Å². The van der Waals surface area contributed by atoms with E-state index in [0.717, 1.165) is 32.6 Å². The molecule has 4 rings (SSSR count). The van der Waals surface area contributed by atoms with E-state index in [1.54, 1.807) is 6.20 Å². The van der Waals surface area contributed by atoms with Crippen molar-refractivity contribution in [3.05, 3.63) is 60.6 Å². The molecule has 3 heterocycles. The molecule has 0 atom stereocenters. The van der Waals surface area contributed by atoms with Crippen molar-refractivity contribution in [1.82, 2.24) is 19.6 Å². The summed E-state index contributed by atoms with van der Waals surface area (Å²) in [5.74, 6) is 0. The molecule has 0 unspecified atom stereocenters. The summed E-state index contributed by atoms with van der Waals surface area (Å²) in [6, 6.07) is 11.6. The number of aromatic nitrogens is 4. The van der Waals surface area contributed by atoms with E-state index < -0.39 is 0 Å². The predicted octanol–water partition coefficient (Wildman–Crippen LogP) is 3.05. The van der Waals surface area contributed by atoms with Crippen LogP contribution in [0.1, 0.15) is 5.56 Å². The summed E-state index contributed by atoms with van der Waals surface area (Å²) >= 11 is 1.52. The van der Waals surface area contributed by atoms with Crippen molar-refractivity contribution in [2.24, 2.45) is 0 Å². The lowest BCUT2D eigenvalue weighted by molar-refractivity contribution is 0.966. The second kappa shape index (κ2) is 5.69. The van der Waals surface area contributed by atoms with E-state index in [1.165, 1.54) is 11.3 Å². The van der Waals surface area contributed by atoms with Crippen LogP contribution in [-0.2, 0) is 6.54 Å². The summed E-state index contributed by atoms with van der Waals surface area (Å²) < 4.78 is 1.85. The van der Waals surface area contributed by atoms with Gasteiger partial charge in [-0.05, 0) is 23.8 Å². The van der Waals surface area contributed by atoms with Crippen LogP contribution in [0, 0.1) is 0 Å². The number of nitrogens with zero attached hydrogens (tertiary/aromatic N) is 4. The normalized spacial score (nSPS) is 11.0. The zero-order valence-corrected chi connectivity index (χ0v) is 13.0. The molecule has 3 N–H and O–H groups in total. The highest BCUT2D eigenvalue weighted by molar-refractivity contribution is 7.20. The van der Waals surface area contributed by atoms with Crippen LogP contribution in [0.3, 0.4) is 0 Å². The Balaban J connectivity index is 1.60. The monoisotopic (exact) mass is 322 g/mol. The van der Waals surface area contributed by atoms with Gasteiger partial charge in [0.15, 0.2) is 0 Å². The lowest BCUT2D eigenvalue weighted by atomic mass is 10.1. The van der Waals surface area contributed by atoms with Gasteiger partial charge in [-0.2, -0.15) is 0 Å². The molecule has 0 amide bonds. The lowest BCUT2D eigenvalue weighted by Gasteiger charge is -2.01. The third kappa shape index (κ3) is 2.74. The highest BCUT2D eigenvalue weighted by Gasteiger charge is 2.11. The Morgan fingerprint density at radius 2 is 2.00 bits per heavy atom. The van der Waals surface area contributed by atoms with Gasteiger partial charge in [0.05, 0.1) is 11.9 Å². The molecule has 1 aromatic carbocycles. The van der Waals surface area contributed by atoms with Gasteiger partial charge in [0.25, 0.3) is 0 Å². The maximum Gasteiger partial charge on any atom is 0.214 e. The van der Waals surface area contributed by atoms with Crippen molar-refractivity contribution in [3.63, 3.8) is 0 Å². The van der Waals surface area contributed by atoms with E-state index in [4.69, 9.17) is 5.73 Å². The van der Waals surface area contributed by atoms with Gasteiger partial charge in [-0.15, -0.1) is 5.10 Å². The van der Waals surface area contributed by atoms with E-state index in [9.17, 15) is 0 Å². The Hall–Kier alpha value is -2.93. The molecular weight excluding hydrogens is 308 g/mol. The maximum absolute atomic E-state index is 5.74. The highest BCUT2D eigenvalue weighted by Crippen LogP contribution is 2.26. The number of benzene rings is 1. The molecule has 4 aromatic rings. The molecule has 7 heteroatoms. The van der Waals surface area contributed by atoms with Crippen molar-refractivity contribution in [2.45, 2.75) is 6.54 Å². The summed E-state index contributed by atoms with van der Waals surface area (Å²) in [5.41, 5.74) is 9.58. The Morgan fingerprint density at radius 1 is 1.13 bits per heavy atom. The fourth-order valence-electron chi connectivity index (χ4n) is 2.30. The quantitative estimate of drug-likeness (QED) is 0.564. The topological polar surface area (TPSA) is 81.1 Å². The van der Waals surface area contributed by atoms with E-state index >= 15 is 0 Å². The van der Waals surface area contributed by atoms with Crippen LogP contribution >= 0.6 is 11.3 Å². The van der Waals surface area contributed by atoms with Gasteiger partial charge >= 0.3 is 0 Å². The first-order valence-electron chi connectivity index (χ1n) is 7.13. The van der Waals surface area contributed by atoms with Crippen LogP contribution in [0.4, 0.5) is 10.8 Å². The largest absolute Gasteiger partial charge is 0.399 e. The van der Waals surface area contributed by atoms with E-state index in [2.05, 4.69) is 20.4 Å². The number of nitrogen functional groups attached to an aromatic ring is 1. The molecule has 114 valence electrons. The van der Waals surface area contributed by atoms with Crippen molar-refractivity contribution >= 4 is 27.1 Å². The third-order valence-corrected chi connectivity index (χ3v) is 4.34. The van der Waals surface area contributed by atoms with Crippen molar-refractivity contribution < 1.29 is 0 Å². The lowest BCUT2D eigenvalue weighted by Crippen LogP contribution is -2.00. The molecule has 0 aliphatic carbocycles.